The number of nitrogens with one attached hydrogen (secondary N) is 1. The van der Waals surface area contributed by atoms with Gasteiger partial charge in [-0.2, -0.15) is 5.26 Å². The molecular weight excluding hydrogens is 336 g/mol. The van der Waals surface area contributed by atoms with E-state index in [1.807, 2.05) is 23.1 Å². The Morgan fingerprint density at radius 3 is 3.19 bits per heavy atom. The van der Waals surface area contributed by atoms with E-state index in [-0.39, 0.29) is 23.3 Å². The number of hydrogen-bond donors (Lipinski definition) is 1. The molecule has 136 valence electrons. The van der Waals surface area contributed by atoms with Gasteiger partial charge in [0.15, 0.2) is 0 Å². The fourth-order valence-corrected chi connectivity index (χ4v) is 5.14. The van der Waals surface area contributed by atoms with Crippen molar-refractivity contribution >= 4 is 16.9 Å². The Labute approximate surface area is 158 Å². The smallest absolute Gasteiger partial charge is 0.254 e. The number of hydrogen-bond acceptors (Lipinski definition) is 3. The van der Waals surface area contributed by atoms with Crippen LogP contribution in [0.15, 0.2) is 47.8 Å². The molecule has 1 aromatic carbocycles. The van der Waals surface area contributed by atoms with Crippen molar-refractivity contribution in [1.29, 1.82) is 5.26 Å². The molecule has 1 N–H and O–H groups in total. The van der Waals surface area contributed by atoms with E-state index in [2.05, 4.69) is 35.1 Å². The molecule has 3 atom stereocenters. The fourth-order valence-electron chi connectivity index (χ4n) is 5.14. The number of fused-ring (bicyclic) bond motifs is 5. The molecular formula is C22H22N4O. The second kappa shape index (κ2) is 5.82. The highest BCUT2D eigenvalue weighted by Crippen LogP contribution is 2.52. The summed E-state index contributed by atoms with van der Waals surface area (Å²) in [5.41, 5.74) is 5.32. The van der Waals surface area contributed by atoms with Crippen LogP contribution in [0.4, 0.5) is 0 Å². The Bertz CT molecular complexity index is 1040. The van der Waals surface area contributed by atoms with Crippen molar-refractivity contribution in [3.63, 3.8) is 0 Å². The van der Waals surface area contributed by atoms with E-state index in [1.54, 1.807) is 6.33 Å². The van der Waals surface area contributed by atoms with Gasteiger partial charge in [-0.3, -0.25) is 4.79 Å². The SMILES string of the molecule is C[C@]12CCN(C(=O)c3ccc4nc[nH]c4c3)C(CC3=CC(C#N)CC=C31)C2. The van der Waals surface area contributed by atoms with Gasteiger partial charge in [0.1, 0.15) is 0 Å². The van der Waals surface area contributed by atoms with Crippen LogP contribution in [-0.4, -0.2) is 33.4 Å². The average Bonchev–Trinajstić information content (AvgIpc) is 3.15. The molecule has 1 saturated carbocycles. The molecule has 2 aliphatic carbocycles. The van der Waals surface area contributed by atoms with Gasteiger partial charge in [-0.25, -0.2) is 4.98 Å². The Hall–Kier alpha value is -2.87. The molecule has 1 saturated heterocycles. The molecule has 2 heterocycles. The molecule has 5 nitrogen and oxygen atoms in total. The first-order chi connectivity index (χ1) is 13.1. The van der Waals surface area contributed by atoms with Gasteiger partial charge in [-0.05, 0) is 60.4 Å². The van der Waals surface area contributed by atoms with Gasteiger partial charge >= 0.3 is 0 Å². The zero-order chi connectivity index (χ0) is 18.6. The second-order valence-electron chi connectivity index (χ2n) is 8.29. The third-order valence-corrected chi connectivity index (χ3v) is 6.56. The molecule has 5 rings (SSSR count). The number of H-pyrrole nitrogens is 1. The number of likely N-dealkylation sites (tertiary alicyclic amines) is 1. The van der Waals surface area contributed by atoms with Gasteiger partial charge in [0.25, 0.3) is 5.91 Å². The lowest BCUT2D eigenvalue weighted by Crippen LogP contribution is -2.52. The molecule has 0 spiro atoms. The summed E-state index contributed by atoms with van der Waals surface area (Å²) in [6.45, 7) is 3.11. The Morgan fingerprint density at radius 2 is 2.33 bits per heavy atom. The highest BCUT2D eigenvalue weighted by atomic mass is 16.2. The summed E-state index contributed by atoms with van der Waals surface area (Å²) in [5.74, 6) is 0.0670. The normalized spacial score (nSPS) is 29.6. The lowest BCUT2D eigenvalue weighted by atomic mass is 9.61. The lowest BCUT2D eigenvalue weighted by Gasteiger charge is -2.52. The molecule has 2 bridgehead atoms. The number of nitriles is 1. The number of carbonyl (C=O) groups is 1. The van der Waals surface area contributed by atoms with Crippen LogP contribution >= 0.6 is 0 Å². The summed E-state index contributed by atoms with van der Waals surface area (Å²) in [6.07, 6.45) is 9.74. The van der Waals surface area contributed by atoms with Gasteiger partial charge in [-0.15, -0.1) is 0 Å². The standard InChI is InChI=1S/C22H22N4O/c1-22-6-7-26(21(27)15-3-5-19-20(10-15)25-13-24-19)17(11-22)9-16-8-14(12-23)2-4-18(16)22/h3-5,8,10,13-14,17H,2,6-7,9,11H2,1H3,(H,24,25)/t14?,17?,22-/m1/s1. The first-order valence-corrected chi connectivity index (χ1v) is 9.63. The van der Waals surface area contributed by atoms with Crippen molar-refractivity contribution in [2.24, 2.45) is 11.3 Å². The minimum atomic E-state index is -0.0295. The number of allylic oxidation sites excluding steroid dienone is 3. The Balaban J connectivity index is 1.46. The van der Waals surface area contributed by atoms with E-state index in [9.17, 15) is 10.1 Å². The van der Waals surface area contributed by atoms with E-state index < -0.39 is 0 Å². The first kappa shape index (κ1) is 16.3. The van der Waals surface area contributed by atoms with Gasteiger partial charge in [0.2, 0.25) is 0 Å². The third kappa shape index (κ3) is 2.51. The van der Waals surface area contributed by atoms with Crippen molar-refractivity contribution in [2.45, 2.75) is 38.6 Å². The summed E-state index contributed by atoms with van der Waals surface area (Å²) in [7, 11) is 0. The molecule has 2 unspecified atom stereocenters. The van der Waals surface area contributed by atoms with E-state index >= 15 is 0 Å². The molecule has 1 aromatic heterocycles. The zero-order valence-electron chi connectivity index (χ0n) is 15.4. The van der Waals surface area contributed by atoms with Crippen LogP contribution in [0.5, 0.6) is 0 Å². The van der Waals surface area contributed by atoms with E-state index in [0.717, 1.165) is 43.3 Å². The average molecular weight is 358 g/mol. The number of aromatic nitrogens is 2. The van der Waals surface area contributed by atoms with Crippen molar-refractivity contribution in [3.8, 4) is 6.07 Å². The summed E-state index contributed by atoms with van der Waals surface area (Å²) in [5, 5.41) is 9.31. The molecule has 2 aromatic rings. The second-order valence-corrected chi connectivity index (χ2v) is 8.29. The lowest BCUT2D eigenvalue weighted by molar-refractivity contribution is 0.0417. The minimum absolute atomic E-state index is 0.0295. The topological polar surface area (TPSA) is 72.8 Å². The molecule has 1 amide bonds. The number of amides is 1. The predicted octanol–water partition coefficient (Wildman–Crippen LogP) is 3.97. The maximum absolute atomic E-state index is 13.3. The Morgan fingerprint density at radius 1 is 1.44 bits per heavy atom. The number of imidazole rings is 1. The van der Waals surface area contributed by atoms with Crippen molar-refractivity contribution in [3.05, 3.63) is 53.4 Å². The molecule has 1 aliphatic heterocycles. The number of piperidine rings is 1. The van der Waals surface area contributed by atoms with Gasteiger partial charge in [0, 0.05) is 18.2 Å². The maximum Gasteiger partial charge on any atom is 0.254 e. The highest BCUT2D eigenvalue weighted by Gasteiger charge is 2.46. The number of nitrogens with zero attached hydrogens (tertiary/aromatic N) is 3. The summed E-state index contributed by atoms with van der Waals surface area (Å²) in [6, 6.07) is 8.26. The van der Waals surface area contributed by atoms with Crippen molar-refractivity contribution in [1.82, 2.24) is 14.9 Å². The fraction of sp³-hybridized carbons (Fsp3) is 0.409. The number of rotatable bonds is 1. The summed E-state index contributed by atoms with van der Waals surface area (Å²) >= 11 is 0. The third-order valence-electron chi connectivity index (χ3n) is 6.56. The molecule has 3 aliphatic rings. The van der Waals surface area contributed by atoms with Crippen LogP contribution < -0.4 is 0 Å². The van der Waals surface area contributed by atoms with E-state index in [0.29, 0.717) is 5.56 Å². The van der Waals surface area contributed by atoms with Crippen LogP contribution in [0.3, 0.4) is 0 Å². The van der Waals surface area contributed by atoms with Gasteiger partial charge in [-0.1, -0.05) is 19.1 Å². The number of benzene rings is 1. The molecule has 2 fully saturated rings. The molecule has 27 heavy (non-hydrogen) atoms. The summed E-state index contributed by atoms with van der Waals surface area (Å²) < 4.78 is 0. The van der Waals surface area contributed by atoms with Gasteiger partial charge < -0.3 is 9.88 Å². The number of aromatic amines is 1. The van der Waals surface area contributed by atoms with Crippen molar-refractivity contribution in [2.75, 3.05) is 6.54 Å². The molecule has 0 radical (unpaired) electrons. The van der Waals surface area contributed by atoms with Crippen LogP contribution in [0.2, 0.25) is 0 Å². The molecule has 5 heteroatoms. The van der Waals surface area contributed by atoms with Crippen molar-refractivity contribution < 1.29 is 4.79 Å². The monoisotopic (exact) mass is 358 g/mol. The van der Waals surface area contributed by atoms with Gasteiger partial charge in [0.05, 0.1) is 29.3 Å². The highest BCUT2D eigenvalue weighted by molar-refractivity contribution is 5.97. The quantitative estimate of drug-likeness (QED) is 0.838. The van der Waals surface area contributed by atoms with E-state index in [4.69, 9.17) is 0 Å². The minimum Gasteiger partial charge on any atom is -0.345 e. The van der Waals surface area contributed by atoms with Crippen LogP contribution in [0, 0.1) is 22.7 Å². The predicted molar refractivity (Wildman–Crippen MR) is 103 cm³/mol. The number of carbonyl (C=O) groups excluding carboxylic acids is 1. The van der Waals surface area contributed by atoms with Crippen LogP contribution in [0.25, 0.3) is 11.0 Å². The maximum atomic E-state index is 13.3. The zero-order valence-corrected chi connectivity index (χ0v) is 15.4. The van der Waals surface area contributed by atoms with Crippen LogP contribution in [0.1, 0.15) is 43.0 Å². The largest absolute Gasteiger partial charge is 0.345 e. The first-order valence-electron chi connectivity index (χ1n) is 9.63. The Kier molecular flexibility index (Phi) is 3.51. The summed E-state index contributed by atoms with van der Waals surface area (Å²) in [4.78, 5) is 22.6. The van der Waals surface area contributed by atoms with Crippen LogP contribution in [-0.2, 0) is 0 Å². The van der Waals surface area contributed by atoms with E-state index in [1.165, 1.54) is 11.1 Å².